The Morgan fingerprint density at radius 1 is 0.500 bits per heavy atom. The van der Waals surface area contributed by atoms with Gasteiger partial charge in [-0.3, -0.25) is 0 Å². The highest BCUT2D eigenvalue weighted by atomic mass is 127. The smallest absolute Gasteiger partial charge is 0.344 e. The van der Waals surface area contributed by atoms with Crippen LogP contribution >= 0.6 is 45.2 Å². The van der Waals surface area contributed by atoms with E-state index in [1.807, 2.05) is 48.5 Å². The number of halogens is 2. The summed E-state index contributed by atoms with van der Waals surface area (Å²) < 4.78 is 13.1. The summed E-state index contributed by atoms with van der Waals surface area (Å²) in [7, 11) is 0. The highest BCUT2D eigenvalue weighted by Crippen LogP contribution is 2.37. The summed E-state index contributed by atoms with van der Waals surface area (Å²) in [4.78, 5) is 25.6. The molecular weight excluding hydrogens is 630 g/mol. The Kier molecular flexibility index (Phi) is 7.21. The molecule has 0 fully saturated rings. The largest absolute Gasteiger partial charge is 0.422 e. The van der Waals surface area contributed by atoms with E-state index in [0.717, 1.165) is 7.14 Å². The third-order valence-corrected chi connectivity index (χ3v) is 6.54. The summed E-state index contributed by atoms with van der Waals surface area (Å²) >= 11 is 4.21. The van der Waals surface area contributed by atoms with Crippen molar-refractivity contribution in [3.05, 3.63) is 115 Å². The van der Waals surface area contributed by atoms with Crippen molar-refractivity contribution in [3.63, 3.8) is 0 Å². The monoisotopic (exact) mass is 646 g/mol. The van der Waals surface area contributed by atoms with Gasteiger partial charge < -0.3 is 9.47 Å². The van der Waals surface area contributed by atoms with Gasteiger partial charge in [-0.05, 0) is 81.6 Å². The number of carbonyl (C=O) groups is 2. The van der Waals surface area contributed by atoms with E-state index in [0.29, 0.717) is 33.8 Å². The van der Waals surface area contributed by atoms with Gasteiger partial charge in [-0.25, -0.2) is 9.59 Å². The number of hydrogen-bond acceptors (Lipinski definition) is 4. The van der Waals surface area contributed by atoms with Crippen molar-refractivity contribution in [1.29, 1.82) is 0 Å². The molecular formula is C26H16I2O4. The minimum absolute atomic E-state index is 0.384. The fourth-order valence-electron chi connectivity index (χ4n) is 3.12. The van der Waals surface area contributed by atoms with Gasteiger partial charge in [-0.15, -0.1) is 0 Å². The van der Waals surface area contributed by atoms with Crippen LogP contribution in [-0.2, 0) is 0 Å². The summed E-state index contributed by atoms with van der Waals surface area (Å²) in [6, 6.07) is 28.9. The Hall–Kier alpha value is -2.72. The van der Waals surface area contributed by atoms with Gasteiger partial charge in [0.05, 0.1) is 11.1 Å². The molecule has 0 spiro atoms. The van der Waals surface area contributed by atoms with E-state index in [1.54, 1.807) is 48.5 Å². The molecule has 0 radical (unpaired) electrons. The molecule has 0 aliphatic rings. The molecule has 4 rings (SSSR count). The van der Waals surface area contributed by atoms with Crippen LogP contribution in [0.25, 0.3) is 11.1 Å². The molecule has 0 aromatic heterocycles. The van der Waals surface area contributed by atoms with Crippen molar-refractivity contribution in [1.82, 2.24) is 0 Å². The number of ether oxygens (including phenoxy) is 2. The average Bonchev–Trinajstić information content (AvgIpc) is 2.80. The molecule has 158 valence electrons. The molecule has 0 aliphatic heterocycles. The van der Waals surface area contributed by atoms with E-state index in [1.165, 1.54) is 0 Å². The first-order valence-electron chi connectivity index (χ1n) is 9.66. The van der Waals surface area contributed by atoms with E-state index in [-0.39, 0.29) is 0 Å². The summed E-state index contributed by atoms with van der Waals surface area (Å²) in [5.41, 5.74) is 2.28. The number of benzene rings is 4. The van der Waals surface area contributed by atoms with Crippen LogP contribution < -0.4 is 9.47 Å². The summed E-state index contributed by atoms with van der Waals surface area (Å²) in [5, 5.41) is 0. The van der Waals surface area contributed by atoms with E-state index in [9.17, 15) is 9.59 Å². The lowest BCUT2D eigenvalue weighted by molar-refractivity contribution is 0.0722. The number of hydrogen-bond donors (Lipinski definition) is 0. The molecule has 4 aromatic rings. The van der Waals surface area contributed by atoms with Crippen LogP contribution in [0.3, 0.4) is 0 Å². The van der Waals surface area contributed by atoms with E-state index in [4.69, 9.17) is 9.47 Å². The zero-order valence-electron chi connectivity index (χ0n) is 16.6. The summed E-state index contributed by atoms with van der Waals surface area (Å²) in [6.45, 7) is 0. The Morgan fingerprint density at radius 2 is 0.844 bits per heavy atom. The molecule has 0 heterocycles. The fourth-order valence-corrected chi connectivity index (χ4v) is 4.33. The van der Waals surface area contributed by atoms with Crippen molar-refractivity contribution in [2.24, 2.45) is 0 Å². The topological polar surface area (TPSA) is 52.6 Å². The van der Waals surface area contributed by atoms with Gasteiger partial charge in [-0.1, -0.05) is 60.7 Å². The van der Waals surface area contributed by atoms with Gasteiger partial charge in [-0.2, -0.15) is 0 Å². The number of esters is 2. The second kappa shape index (κ2) is 10.3. The molecule has 0 unspecified atom stereocenters. The molecule has 0 N–H and O–H groups in total. The Labute approximate surface area is 212 Å². The van der Waals surface area contributed by atoms with Crippen molar-refractivity contribution < 1.29 is 19.1 Å². The lowest BCUT2D eigenvalue weighted by Crippen LogP contribution is -2.12. The van der Waals surface area contributed by atoms with Gasteiger partial charge in [0.25, 0.3) is 0 Å². The van der Waals surface area contributed by atoms with Gasteiger partial charge in [0, 0.05) is 18.3 Å². The molecule has 4 nitrogen and oxygen atoms in total. The molecule has 0 aliphatic carbocycles. The zero-order chi connectivity index (χ0) is 22.5. The average molecular weight is 646 g/mol. The molecule has 0 atom stereocenters. The van der Waals surface area contributed by atoms with Gasteiger partial charge in [0.15, 0.2) is 0 Å². The number of carbonyl (C=O) groups excluding carboxylic acids is 2. The van der Waals surface area contributed by atoms with Crippen LogP contribution in [-0.4, -0.2) is 11.9 Å². The number of para-hydroxylation sites is 2. The van der Waals surface area contributed by atoms with Crippen LogP contribution in [0.2, 0.25) is 0 Å². The van der Waals surface area contributed by atoms with Crippen LogP contribution in [0.1, 0.15) is 20.7 Å². The normalized spacial score (nSPS) is 10.4. The van der Waals surface area contributed by atoms with E-state index >= 15 is 0 Å². The first-order valence-corrected chi connectivity index (χ1v) is 11.8. The van der Waals surface area contributed by atoms with Crippen molar-refractivity contribution in [3.8, 4) is 22.6 Å². The maximum absolute atomic E-state index is 12.8. The van der Waals surface area contributed by atoms with Crippen molar-refractivity contribution in [2.75, 3.05) is 0 Å². The molecule has 0 saturated heterocycles. The van der Waals surface area contributed by atoms with Gasteiger partial charge >= 0.3 is 11.9 Å². The van der Waals surface area contributed by atoms with Crippen LogP contribution in [0, 0.1) is 7.14 Å². The molecule has 32 heavy (non-hydrogen) atoms. The maximum Gasteiger partial charge on any atom is 0.344 e. The van der Waals surface area contributed by atoms with Gasteiger partial charge in [0.2, 0.25) is 0 Å². The first-order chi connectivity index (χ1) is 15.5. The zero-order valence-corrected chi connectivity index (χ0v) is 20.9. The Morgan fingerprint density at radius 3 is 1.25 bits per heavy atom. The molecule has 0 saturated carbocycles. The molecule has 6 heteroatoms. The SMILES string of the molecule is O=C(Oc1ccccc1-c1ccccc1OC(=O)c1ccccc1I)c1ccccc1I. The van der Waals surface area contributed by atoms with Crippen molar-refractivity contribution in [2.45, 2.75) is 0 Å². The predicted molar refractivity (Wildman–Crippen MR) is 140 cm³/mol. The third-order valence-electron chi connectivity index (χ3n) is 4.66. The van der Waals surface area contributed by atoms with Crippen LogP contribution in [0.15, 0.2) is 97.1 Å². The minimum Gasteiger partial charge on any atom is -0.422 e. The van der Waals surface area contributed by atoms with E-state index < -0.39 is 11.9 Å². The Bertz CT molecular complexity index is 1200. The standard InChI is InChI=1S/C26H16I2O4/c27-21-13-5-1-11-19(21)25(29)31-23-15-7-3-9-17(23)18-10-4-8-16-24(18)32-26(30)20-12-2-6-14-22(20)28/h1-16H. The Balaban J connectivity index is 1.67. The lowest BCUT2D eigenvalue weighted by atomic mass is 10.0. The van der Waals surface area contributed by atoms with E-state index in [2.05, 4.69) is 45.2 Å². The third kappa shape index (κ3) is 5.02. The quantitative estimate of drug-likeness (QED) is 0.133. The fraction of sp³-hybridized carbons (Fsp3) is 0. The first kappa shape index (κ1) is 22.5. The summed E-state index contributed by atoms with van der Waals surface area (Å²) in [5.74, 6) is -0.128. The second-order valence-electron chi connectivity index (χ2n) is 6.73. The second-order valence-corrected chi connectivity index (χ2v) is 9.06. The van der Waals surface area contributed by atoms with Crippen LogP contribution in [0.5, 0.6) is 11.5 Å². The molecule has 4 aromatic carbocycles. The maximum atomic E-state index is 12.8. The minimum atomic E-state index is -0.448. The molecule has 0 amide bonds. The van der Waals surface area contributed by atoms with Gasteiger partial charge in [0.1, 0.15) is 11.5 Å². The highest BCUT2D eigenvalue weighted by Gasteiger charge is 2.19. The number of rotatable bonds is 5. The van der Waals surface area contributed by atoms with Crippen LogP contribution in [0.4, 0.5) is 0 Å². The molecule has 0 bridgehead atoms. The predicted octanol–water partition coefficient (Wildman–Crippen LogP) is 7.00. The summed E-state index contributed by atoms with van der Waals surface area (Å²) in [6.07, 6.45) is 0. The highest BCUT2D eigenvalue weighted by molar-refractivity contribution is 14.1. The lowest BCUT2D eigenvalue weighted by Gasteiger charge is -2.14. The van der Waals surface area contributed by atoms with Crippen molar-refractivity contribution >= 4 is 57.1 Å².